The van der Waals surface area contributed by atoms with Crippen molar-refractivity contribution >= 4 is 44.3 Å². The van der Waals surface area contributed by atoms with Crippen molar-refractivity contribution in [1.29, 1.82) is 0 Å². The lowest BCUT2D eigenvalue weighted by Crippen LogP contribution is -2.07. The zero-order valence-electron chi connectivity index (χ0n) is 31.0. The number of hydrogen-bond acceptors (Lipinski definition) is 8. The maximum Gasteiger partial charge on any atom is 0.308 e. The van der Waals surface area contributed by atoms with Gasteiger partial charge in [0, 0.05) is 13.8 Å². The van der Waals surface area contributed by atoms with Crippen LogP contribution in [0.25, 0.3) is 32.3 Å². The highest BCUT2D eigenvalue weighted by atomic mass is 16.6. The van der Waals surface area contributed by atoms with E-state index < -0.39 is 11.9 Å². The third-order valence-corrected chi connectivity index (χ3v) is 8.65. The second kappa shape index (κ2) is 19.9. The molecule has 0 unspecified atom stereocenters. The molecule has 0 fully saturated rings. The molecule has 0 amide bonds. The van der Waals surface area contributed by atoms with Crippen LogP contribution >= 0.6 is 0 Å². The molecule has 0 heterocycles. The first-order valence-corrected chi connectivity index (χ1v) is 18.7. The number of esters is 2. The van der Waals surface area contributed by atoms with Gasteiger partial charge in [-0.05, 0) is 94.4 Å². The zero-order chi connectivity index (χ0) is 35.9. The summed E-state index contributed by atoms with van der Waals surface area (Å²) < 4.78 is 36.8. The fourth-order valence-corrected chi connectivity index (χ4v) is 6.07. The molecular weight excluding hydrogens is 632 g/mol. The Hall–Kier alpha value is -4.20. The molecule has 0 saturated heterocycles. The van der Waals surface area contributed by atoms with Crippen molar-refractivity contribution < 1.29 is 38.0 Å². The van der Waals surface area contributed by atoms with Crippen molar-refractivity contribution in [3.8, 4) is 34.5 Å². The maximum atomic E-state index is 12.2. The summed E-state index contributed by atoms with van der Waals surface area (Å²) in [5, 5.41) is 5.26. The molecule has 4 aromatic carbocycles. The van der Waals surface area contributed by atoms with Crippen LogP contribution in [0.4, 0.5) is 0 Å². The highest BCUT2D eigenvalue weighted by Gasteiger charge is 2.21. The Morgan fingerprint density at radius 1 is 0.380 bits per heavy atom. The Labute approximate surface area is 297 Å². The number of hydrogen-bond donors (Lipinski definition) is 0. The van der Waals surface area contributed by atoms with Crippen molar-refractivity contribution in [3.63, 3.8) is 0 Å². The van der Waals surface area contributed by atoms with Gasteiger partial charge >= 0.3 is 11.9 Å². The van der Waals surface area contributed by atoms with E-state index in [2.05, 4.69) is 39.8 Å². The molecule has 0 radical (unpaired) electrons. The van der Waals surface area contributed by atoms with Gasteiger partial charge in [-0.2, -0.15) is 0 Å². The molecule has 8 nitrogen and oxygen atoms in total. The summed E-state index contributed by atoms with van der Waals surface area (Å²) in [7, 11) is 0. The highest BCUT2D eigenvalue weighted by molar-refractivity contribution is 6.27. The smallest absolute Gasteiger partial charge is 0.308 e. The van der Waals surface area contributed by atoms with Crippen LogP contribution in [0, 0.1) is 0 Å². The highest BCUT2D eigenvalue weighted by Crippen LogP contribution is 2.47. The van der Waals surface area contributed by atoms with Gasteiger partial charge in [0.05, 0.1) is 26.4 Å². The third-order valence-electron chi connectivity index (χ3n) is 8.65. The zero-order valence-corrected chi connectivity index (χ0v) is 31.0. The van der Waals surface area contributed by atoms with Crippen LogP contribution in [-0.2, 0) is 9.59 Å². The Kier molecular flexibility index (Phi) is 15.3. The van der Waals surface area contributed by atoms with Gasteiger partial charge in [0.15, 0.2) is 34.5 Å². The van der Waals surface area contributed by atoms with Crippen molar-refractivity contribution in [2.75, 3.05) is 26.4 Å². The van der Waals surface area contributed by atoms with Crippen LogP contribution in [0.3, 0.4) is 0 Å². The van der Waals surface area contributed by atoms with E-state index in [1.54, 1.807) is 12.1 Å². The number of unbranched alkanes of at least 4 members (excludes halogenated alkanes) is 8. The quantitative estimate of drug-likeness (QED) is 0.0349. The summed E-state index contributed by atoms with van der Waals surface area (Å²) >= 11 is 0. The van der Waals surface area contributed by atoms with Crippen LogP contribution in [0.1, 0.15) is 119 Å². The SMILES string of the molecule is CCCCCOc1cc2c3cc(OCCCCC)c(OCCCCC)cc3c3cc(OC(C)=O)c(OC(C)=O)cc3c2cc1OCCCCC. The average molecular weight is 689 g/mol. The standard InChI is InChI=1S/C42H56O8/c1-7-11-15-19-45-37-23-31-32-24-38(46-20-16-12-8-2)40(48-22-18-14-10-4)26-34(32)36-28-42(50-30(6)44)41(49-29(5)43)27-35(36)33(31)25-39(37)47-21-17-13-9-3/h23-28H,7-22H2,1-6H3. The fraction of sp³-hybridized carbons (Fsp3) is 0.524. The monoisotopic (exact) mass is 688 g/mol. The summed E-state index contributed by atoms with van der Waals surface area (Å²) in [6, 6.07) is 11.7. The van der Waals surface area contributed by atoms with Gasteiger partial charge in [-0.15, -0.1) is 0 Å². The van der Waals surface area contributed by atoms with Gasteiger partial charge in [-0.1, -0.05) is 79.1 Å². The summed E-state index contributed by atoms with van der Waals surface area (Å²) in [4.78, 5) is 24.4. The Balaban J connectivity index is 2.04. The average Bonchev–Trinajstić information content (AvgIpc) is 3.09. The fourth-order valence-electron chi connectivity index (χ4n) is 6.07. The number of carbonyl (C=O) groups excluding carboxylic acids is 2. The third kappa shape index (κ3) is 10.4. The molecule has 0 bridgehead atoms. The minimum Gasteiger partial charge on any atom is -0.490 e. The van der Waals surface area contributed by atoms with E-state index in [0.29, 0.717) is 49.4 Å². The number of ether oxygens (including phenoxy) is 6. The molecule has 272 valence electrons. The van der Waals surface area contributed by atoms with Crippen LogP contribution in [0.5, 0.6) is 34.5 Å². The Morgan fingerprint density at radius 3 is 0.800 bits per heavy atom. The largest absolute Gasteiger partial charge is 0.490 e. The number of carbonyl (C=O) groups is 2. The van der Waals surface area contributed by atoms with Gasteiger partial charge in [-0.25, -0.2) is 0 Å². The lowest BCUT2D eigenvalue weighted by atomic mass is 9.93. The first-order valence-electron chi connectivity index (χ1n) is 18.7. The molecule has 4 rings (SSSR count). The minimum absolute atomic E-state index is 0.165. The van der Waals surface area contributed by atoms with Gasteiger partial charge in [0.2, 0.25) is 0 Å². The van der Waals surface area contributed by atoms with Crippen LogP contribution in [-0.4, -0.2) is 38.4 Å². The molecule has 4 aromatic rings. The molecule has 0 aromatic heterocycles. The van der Waals surface area contributed by atoms with Crippen LogP contribution < -0.4 is 28.4 Å². The number of rotatable bonds is 22. The second-order valence-electron chi connectivity index (χ2n) is 12.9. The first-order chi connectivity index (χ1) is 24.3. The summed E-state index contributed by atoms with van der Waals surface area (Å²) in [5.41, 5.74) is 0. The van der Waals surface area contributed by atoms with E-state index in [0.717, 1.165) is 109 Å². The van der Waals surface area contributed by atoms with Crippen molar-refractivity contribution in [3.05, 3.63) is 36.4 Å². The summed E-state index contributed by atoms with van der Waals surface area (Å²) in [6.07, 6.45) is 12.4. The van der Waals surface area contributed by atoms with E-state index in [1.165, 1.54) is 13.8 Å². The number of fused-ring (bicyclic) bond motifs is 6. The van der Waals surface area contributed by atoms with Gasteiger partial charge < -0.3 is 28.4 Å². The summed E-state index contributed by atoms with van der Waals surface area (Å²) in [6.45, 7) is 13.7. The second-order valence-corrected chi connectivity index (χ2v) is 12.9. The lowest BCUT2D eigenvalue weighted by molar-refractivity contribution is -0.134. The topological polar surface area (TPSA) is 89.5 Å². The first kappa shape index (κ1) is 38.6. The van der Waals surface area contributed by atoms with Gasteiger partial charge in [-0.3, -0.25) is 9.59 Å². The van der Waals surface area contributed by atoms with E-state index >= 15 is 0 Å². The molecule has 0 spiro atoms. The van der Waals surface area contributed by atoms with E-state index in [1.807, 2.05) is 12.1 Å². The van der Waals surface area contributed by atoms with Crippen molar-refractivity contribution in [2.24, 2.45) is 0 Å². The predicted molar refractivity (Wildman–Crippen MR) is 202 cm³/mol. The molecular formula is C42H56O8. The Morgan fingerprint density at radius 2 is 0.600 bits per heavy atom. The predicted octanol–water partition coefficient (Wildman–Crippen LogP) is 11.3. The molecule has 0 atom stereocenters. The molecule has 0 N–H and O–H groups in total. The molecule has 50 heavy (non-hydrogen) atoms. The molecule has 0 aliphatic rings. The van der Waals surface area contributed by atoms with Crippen molar-refractivity contribution in [1.82, 2.24) is 0 Å². The normalized spacial score (nSPS) is 11.2. The van der Waals surface area contributed by atoms with E-state index in [-0.39, 0.29) is 11.5 Å². The Bertz CT molecular complexity index is 1600. The van der Waals surface area contributed by atoms with Gasteiger partial charge in [0.25, 0.3) is 0 Å². The van der Waals surface area contributed by atoms with Gasteiger partial charge in [0.1, 0.15) is 0 Å². The van der Waals surface area contributed by atoms with Crippen LogP contribution in [0.2, 0.25) is 0 Å². The number of benzene rings is 4. The summed E-state index contributed by atoms with van der Waals surface area (Å²) in [5.74, 6) is 2.00. The molecule has 0 saturated carbocycles. The minimum atomic E-state index is -0.516. The van der Waals surface area contributed by atoms with Crippen molar-refractivity contribution in [2.45, 2.75) is 119 Å². The van der Waals surface area contributed by atoms with E-state index in [9.17, 15) is 9.59 Å². The molecule has 0 aliphatic heterocycles. The molecule has 0 aliphatic carbocycles. The lowest BCUT2D eigenvalue weighted by Gasteiger charge is -2.20. The van der Waals surface area contributed by atoms with E-state index in [4.69, 9.17) is 28.4 Å². The maximum absolute atomic E-state index is 12.2. The molecule has 8 heteroatoms. The van der Waals surface area contributed by atoms with Crippen LogP contribution in [0.15, 0.2) is 36.4 Å².